The van der Waals surface area contributed by atoms with E-state index in [-0.39, 0.29) is 41.0 Å². The number of ether oxygens (including phenoxy) is 2. The molecule has 0 spiro atoms. The number of phenols is 1. The average Bonchev–Trinajstić information content (AvgIpc) is 3.37. The van der Waals surface area contributed by atoms with Gasteiger partial charge in [0.1, 0.15) is 23.4 Å². The molecule has 2 atom stereocenters. The fraction of sp³-hybridized carbons (Fsp3) is 0.345. The van der Waals surface area contributed by atoms with Gasteiger partial charge in [-0.1, -0.05) is 104 Å². The minimum Gasteiger partial charge on any atom is -0.508 e. The Kier molecular flexibility index (Phi) is 16.3. The largest absolute Gasteiger partial charge is 0.573 e. The van der Waals surface area contributed by atoms with Crippen LogP contribution in [0.1, 0.15) is 96.1 Å². The number of fused-ring (bicyclic) bond motifs is 2. The zero-order valence-corrected chi connectivity index (χ0v) is 40.2. The van der Waals surface area contributed by atoms with Gasteiger partial charge in [0.2, 0.25) is 5.91 Å². The number of para-hydroxylation sites is 2. The number of hydrogen-bond acceptors (Lipinski definition) is 10. The number of carbonyl (C=O) groups excluding carboxylic acids is 2. The second kappa shape index (κ2) is 22.9. The summed E-state index contributed by atoms with van der Waals surface area (Å²) < 4.78 is 49.3. The number of rotatable bonds is 13. The van der Waals surface area contributed by atoms with Gasteiger partial charge >= 0.3 is 6.36 Å². The van der Waals surface area contributed by atoms with Gasteiger partial charge in [0.15, 0.2) is 5.16 Å². The van der Waals surface area contributed by atoms with E-state index in [4.69, 9.17) is 20.4 Å². The quantitative estimate of drug-likeness (QED) is 0.0957. The van der Waals surface area contributed by atoms with Crippen molar-refractivity contribution in [2.24, 2.45) is 5.73 Å². The molecule has 9 rings (SSSR count). The molecule has 6 aromatic rings. The van der Waals surface area contributed by atoms with Crippen LogP contribution in [-0.2, 0) is 11.2 Å². The summed E-state index contributed by atoms with van der Waals surface area (Å²) in [4.78, 5) is 40.2. The maximum atomic E-state index is 13.5. The van der Waals surface area contributed by atoms with Crippen LogP contribution < -0.4 is 20.5 Å². The Hall–Kier alpha value is -6.58. The zero-order valence-electron chi connectivity index (χ0n) is 39.4. The van der Waals surface area contributed by atoms with E-state index in [0.29, 0.717) is 42.2 Å². The highest BCUT2D eigenvalue weighted by Gasteiger charge is 2.34. The van der Waals surface area contributed by atoms with Crippen LogP contribution in [0.15, 0.2) is 132 Å². The van der Waals surface area contributed by atoms with Crippen LogP contribution in [-0.4, -0.2) is 93.7 Å². The first-order valence-corrected chi connectivity index (χ1v) is 25.0. The van der Waals surface area contributed by atoms with Crippen molar-refractivity contribution in [2.45, 2.75) is 87.1 Å². The van der Waals surface area contributed by atoms with Gasteiger partial charge in [0.05, 0.1) is 29.9 Å². The Morgan fingerprint density at radius 3 is 2.27 bits per heavy atom. The number of piperidine rings is 2. The van der Waals surface area contributed by atoms with Crippen LogP contribution in [0.2, 0.25) is 0 Å². The van der Waals surface area contributed by atoms with Crippen LogP contribution >= 0.6 is 11.8 Å². The number of likely N-dealkylation sites (tertiary alicyclic amines) is 2. The van der Waals surface area contributed by atoms with Gasteiger partial charge < -0.3 is 30.5 Å². The Labute approximate surface area is 411 Å². The highest BCUT2D eigenvalue weighted by molar-refractivity contribution is 7.99. The highest BCUT2D eigenvalue weighted by atomic mass is 32.2. The minimum absolute atomic E-state index is 0.0250. The summed E-state index contributed by atoms with van der Waals surface area (Å²) >= 11 is 1.58. The van der Waals surface area contributed by atoms with E-state index in [0.717, 1.165) is 74.3 Å². The maximum absolute atomic E-state index is 13.5. The lowest BCUT2D eigenvalue weighted by molar-refractivity contribution is -0.274. The molecule has 3 heterocycles. The van der Waals surface area contributed by atoms with Crippen molar-refractivity contribution in [1.29, 1.82) is 0 Å². The number of benzene rings is 5. The number of aryl methyl sites for hydroxylation is 1. The van der Waals surface area contributed by atoms with Crippen molar-refractivity contribution in [3.8, 4) is 17.2 Å². The average molecular weight is 973 g/mol. The van der Waals surface area contributed by atoms with Gasteiger partial charge in [0, 0.05) is 48.2 Å². The predicted octanol–water partition coefficient (Wildman–Crippen LogP) is 10.5. The van der Waals surface area contributed by atoms with E-state index in [1.807, 2.05) is 49.1 Å². The molecule has 4 N–H and O–H groups in total. The third-order valence-corrected chi connectivity index (χ3v) is 14.3. The predicted molar refractivity (Wildman–Crippen MR) is 268 cm³/mol. The van der Waals surface area contributed by atoms with Crippen LogP contribution in [0.3, 0.4) is 0 Å². The molecular formula is C55H59F3N6O5S. The Morgan fingerprint density at radius 2 is 1.53 bits per heavy atom. The van der Waals surface area contributed by atoms with E-state index >= 15 is 0 Å². The number of halogens is 3. The number of alkyl halides is 3. The molecule has 2 aliphatic heterocycles. The zero-order chi connectivity index (χ0) is 49.2. The van der Waals surface area contributed by atoms with E-state index < -0.39 is 18.0 Å². The van der Waals surface area contributed by atoms with Crippen molar-refractivity contribution < 1.29 is 37.3 Å². The number of amides is 2. The molecule has 70 heavy (non-hydrogen) atoms. The molecule has 0 bridgehead atoms. The summed E-state index contributed by atoms with van der Waals surface area (Å²) in [6.07, 6.45) is 1.88. The first kappa shape index (κ1) is 49.8. The van der Waals surface area contributed by atoms with Gasteiger partial charge in [-0.25, -0.2) is 9.97 Å². The number of phenolic OH excluding ortho intramolecular Hbond substituents is 1. The molecule has 366 valence electrons. The number of nitrogens with zero attached hydrogens (tertiary/aromatic N) is 4. The number of nitrogens with one attached hydrogen (secondary N) is 1. The number of thioether (sulfide) groups is 1. The molecule has 0 saturated carbocycles. The van der Waals surface area contributed by atoms with Gasteiger partial charge in [-0.2, -0.15) is 0 Å². The Morgan fingerprint density at radius 1 is 0.829 bits per heavy atom. The third-order valence-electron chi connectivity index (χ3n) is 13.1. The van der Waals surface area contributed by atoms with Gasteiger partial charge in [-0.05, 0) is 115 Å². The van der Waals surface area contributed by atoms with E-state index in [2.05, 4.69) is 75.6 Å². The molecule has 11 nitrogen and oxygen atoms in total. The molecule has 2 unspecified atom stereocenters. The number of aromatic hydroxyl groups is 1. The lowest BCUT2D eigenvalue weighted by atomic mass is 9.69. The first-order valence-electron chi connectivity index (χ1n) is 24.1. The summed E-state index contributed by atoms with van der Waals surface area (Å²) in [7, 11) is 0. The van der Waals surface area contributed by atoms with Gasteiger partial charge in [-0.3, -0.25) is 14.5 Å². The normalized spacial score (nSPS) is 18.1. The summed E-state index contributed by atoms with van der Waals surface area (Å²) in [6.45, 7) is 7.07. The van der Waals surface area contributed by atoms with Crippen molar-refractivity contribution in [1.82, 2.24) is 25.1 Å². The molecule has 5 aromatic carbocycles. The molecule has 2 saturated heterocycles. The van der Waals surface area contributed by atoms with Crippen molar-refractivity contribution in [3.05, 3.63) is 161 Å². The second-order valence-corrected chi connectivity index (χ2v) is 18.9. The van der Waals surface area contributed by atoms with Crippen molar-refractivity contribution in [2.75, 3.05) is 39.3 Å². The van der Waals surface area contributed by atoms with Crippen LogP contribution in [0, 0.1) is 0 Å². The second-order valence-electron chi connectivity index (χ2n) is 17.6. The lowest BCUT2D eigenvalue weighted by Gasteiger charge is -2.36. The molecule has 0 radical (unpaired) electrons. The molecule has 2 amide bonds. The molecule has 3 aliphatic rings. The van der Waals surface area contributed by atoms with Gasteiger partial charge in [-0.15, -0.1) is 13.2 Å². The lowest BCUT2D eigenvalue weighted by Crippen LogP contribution is -2.47. The smallest absolute Gasteiger partial charge is 0.508 e. The molecule has 1 aliphatic carbocycles. The topological polar surface area (TPSA) is 143 Å². The Balaban J connectivity index is 0.00000325. The first-order chi connectivity index (χ1) is 33.9. The van der Waals surface area contributed by atoms with Crippen LogP contribution in [0.4, 0.5) is 13.2 Å². The maximum Gasteiger partial charge on any atom is 0.573 e. The Bertz CT molecular complexity index is 2760. The summed E-state index contributed by atoms with van der Waals surface area (Å²) in [5, 5.41) is 14.4. The fourth-order valence-electron chi connectivity index (χ4n) is 9.69. The number of aromatic nitrogens is 2. The molecule has 1 aromatic heterocycles. The number of carbonyl (C=O) groups is 2. The highest BCUT2D eigenvalue weighted by Crippen LogP contribution is 2.47. The monoisotopic (exact) mass is 972 g/mol. The van der Waals surface area contributed by atoms with Crippen LogP contribution in [0.5, 0.6) is 17.2 Å². The van der Waals surface area contributed by atoms with E-state index in [9.17, 15) is 27.9 Å². The molecule has 15 heteroatoms. The van der Waals surface area contributed by atoms with Crippen molar-refractivity contribution in [3.63, 3.8) is 0 Å². The summed E-state index contributed by atoms with van der Waals surface area (Å²) in [5.74, 6) is 0.391. The standard InChI is InChI=1S/C53H53F3N6O5S.C2H6/c54-53(55,56)67-48-13-7-5-11-45(48)51(65)58-32-37(57)31-47-44-10-4-6-12-46(44)59-52(60-47)68-41-24-26-61(27-25-41)33-49(64)62-28-22-40(23-29-62)66-39-18-14-35(15-19-39)50-42(34-8-2-1-3-9-34)20-16-36-30-38(63)17-21-43(36)50;1-2/h1-15,17-19,21,30-31,40-42,50,63H,16,20,22-29,32-33,57H2,(H,58,65);1-2H3/b37-31-;. The number of nitrogens with two attached hydrogens (primary N) is 1. The fourth-order valence-corrected chi connectivity index (χ4v) is 10.7. The van der Waals surface area contributed by atoms with Crippen molar-refractivity contribution >= 4 is 40.6 Å². The van der Waals surface area contributed by atoms with Crippen LogP contribution in [0.25, 0.3) is 17.0 Å². The number of hydrogen-bond donors (Lipinski definition) is 3. The third kappa shape index (κ3) is 12.6. The summed E-state index contributed by atoms with van der Waals surface area (Å²) in [6, 6.07) is 37.6. The SMILES string of the molecule is CC.N/C(=C\c1nc(SC2CCN(CC(=O)N3CCC(Oc4ccc(C5c6ccc(O)cc6CCC5c5ccccc5)cc4)CC3)CC2)nc2ccccc12)CNC(=O)c1ccccc1OC(F)(F)F. The van der Waals surface area contributed by atoms with Gasteiger partial charge in [0.25, 0.3) is 5.91 Å². The van der Waals surface area contributed by atoms with E-state index in [1.54, 1.807) is 23.9 Å². The molecule has 2 fully saturated rings. The minimum atomic E-state index is -4.95. The molecular weight excluding hydrogens is 914 g/mol. The summed E-state index contributed by atoms with van der Waals surface area (Å²) in [5.41, 5.74) is 12.6. The van der Waals surface area contributed by atoms with E-state index in [1.165, 1.54) is 40.5 Å².